The lowest BCUT2D eigenvalue weighted by Crippen LogP contribution is -2.19. The molecule has 1 heterocycles. The number of anilines is 2. The van der Waals surface area contributed by atoms with Crippen LogP contribution in [-0.2, 0) is 4.74 Å². The molecule has 2 rings (SSSR count). The Kier molecular flexibility index (Phi) is 3.40. The maximum Gasteiger partial charge on any atom is 0.229 e. The first kappa shape index (κ1) is 11.3. The predicted octanol–water partition coefficient (Wildman–Crippen LogP) is 1.09. The van der Waals surface area contributed by atoms with Crippen molar-refractivity contribution in [2.24, 2.45) is 0 Å². The van der Waals surface area contributed by atoms with Gasteiger partial charge in [-0.3, -0.25) is 0 Å². The number of hydrogen-bond acceptors (Lipinski definition) is 6. The monoisotopic (exact) mass is 243 g/mol. The number of hydrogen-bond donors (Lipinski definition) is 2. The first-order chi connectivity index (χ1) is 7.67. The van der Waals surface area contributed by atoms with Gasteiger partial charge in [0.2, 0.25) is 17.2 Å². The lowest BCUT2D eigenvalue weighted by molar-refractivity contribution is 0.108. The third-order valence-electron chi connectivity index (χ3n) is 2.68. The third kappa shape index (κ3) is 2.70. The molecule has 1 fully saturated rings. The highest BCUT2D eigenvalue weighted by atomic mass is 35.5. The van der Waals surface area contributed by atoms with Crippen LogP contribution in [0.1, 0.15) is 19.3 Å². The van der Waals surface area contributed by atoms with Gasteiger partial charge < -0.3 is 15.8 Å². The van der Waals surface area contributed by atoms with Gasteiger partial charge in [0.25, 0.3) is 0 Å². The Bertz CT molecular complexity index is 355. The van der Waals surface area contributed by atoms with Crippen LogP contribution in [0.15, 0.2) is 0 Å². The molecular formula is C9H14ClN5O. The van der Waals surface area contributed by atoms with Gasteiger partial charge in [0.05, 0.1) is 6.10 Å². The molecule has 1 aromatic rings. The molecule has 1 aliphatic carbocycles. The molecule has 2 unspecified atom stereocenters. The molecule has 0 amide bonds. The van der Waals surface area contributed by atoms with Gasteiger partial charge in [-0.15, -0.1) is 0 Å². The topological polar surface area (TPSA) is 86.0 Å². The van der Waals surface area contributed by atoms with Crippen LogP contribution < -0.4 is 11.1 Å². The van der Waals surface area contributed by atoms with E-state index < -0.39 is 0 Å². The highest BCUT2D eigenvalue weighted by molar-refractivity contribution is 6.28. The zero-order chi connectivity index (χ0) is 11.5. The van der Waals surface area contributed by atoms with Gasteiger partial charge >= 0.3 is 0 Å². The Morgan fingerprint density at radius 3 is 2.81 bits per heavy atom. The highest BCUT2D eigenvalue weighted by Gasteiger charge is 2.24. The molecule has 0 aliphatic heterocycles. The maximum absolute atomic E-state index is 5.68. The summed E-state index contributed by atoms with van der Waals surface area (Å²) in [4.78, 5) is 11.6. The number of halogens is 1. The minimum absolute atomic E-state index is 0.108. The average Bonchev–Trinajstić information content (AvgIpc) is 2.64. The van der Waals surface area contributed by atoms with E-state index in [4.69, 9.17) is 22.1 Å². The molecule has 6 nitrogen and oxygen atoms in total. The summed E-state index contributed by atoms with van der Waals surface area (Å²) in [5.74, 6) is 0.558. The van der Waals surface area contributed by atoms with E-state index in [1.165, 1.54) is 0 Å². The summed E-state index contributed by atoms with van der Waals surface area (Å²) in [6.45, 7) is 0. The SMILES string of the molecule is COC1CCC(Nc2nc(N)nc(Cl)n2)C1. The lowest BCUT2D eigenvalue weighted by atomic mass is 10.2. The molecule has 0 aromatic carbocycles. The second kappa shape index (κ2) is 4.80. The van der Waals surface area contributed by atoms with Crippen molar-refractivity contribution < 1.29 is 4.74 Å². The Morgan fingerprint density at radius 2 is 2.19 bits per heavy atom. The zero-order valence-corrected chi connectivity index (χ0v) is 9.74. The van der Waals surface area contributed by atoms with Crippen molar-refractivity contribution in [1.29, 1.82) is 0 Å². The second-order valence-electron chi connectivity index (χ2n) is 3.80. The van der Waals surface area contributed by atoms with Crippen LogP contribution in [0.2, 0.25) is 5.28 Å². The van der Waals surface area contributed by atoms with Crippen molar-refractivity contribution in [3.63, 3.8) is 0 Å². The van der Waals surface area contributed by atoms with E-state index in [-0.39, 0.29) is 11.2 Å². The molecule has 0 spiro atoms. The average molecular weight is 244 g/mol. The van der Waals surface area contributed by atoms with Crippen LogP contribution >= 0.6 is 11.6 Å². The van der Waals surface area contributed by atoms with Crippen LogP contribution in [0.4, 0.5) is 11.9 Å². The van der Waals surface area contributed by atoms with E-state index in [1.807, 2.05) is 0 Å². The summed E-state index contributed by atoms with van der Waals surface area (Å²) < 4.78 is 5.28. The second-order valence-corrected chi connectivity index (χ2v) is 4.14. The number of rotatable bonds is 3. The fraction of sp³-hybridized carbons (Fsp3) is 0.667. The first-order valence-corrected chi connectivity index (χ1v) is 5.51. The van der Waals surface area contributed by atoms with Crippen molar-refractivity contribution in [1.82, 2.24) is 15.0 Å². The molecule has 7 heteroatoms. The first-order valence-electron chi connectivity index (χ1n) is 5.13. The molecule has 3 N–H and O–H groups in total. The van der Waals surface area contributed by atoms with E-state index >= 15 is 0 Å². The number of nitrogen functional groups attached to an aromatic ring is 1. The van der Waals surface area contributed by atoms with E-state index in [0.29, 0.717) is 18.1 Å². The summed E-state index contributed by atoms with van der Waals surface area (Å²) in [5.41, 5.74) is 5.48. The predicted molar refractivity (Wildman–Crippen MR) is 61.3 cm³/mol. The molecule has 0 saturated heterocycles. The van der Waals surface area contributed by atoms with Gasteiger partial charge in [-0.2, -0.15) is 15.0 Å². The third-order valence-corrected chi connectivity index (χ3v) is 2.85. The van der Waals surface area contributed by atoms with Gasteiger partial charge in [-0.1, -0.05) is 0 Å². The van der Waals surface area contributed by atoms with Crippen molar-refractivity contribution in [3.8, 4) is 0 Å². The summed E-state index contributed by atoms with van der Waals surface area (Å²) in [7, 11) is 1.73. The Balaban J connectivity index is 1.99. The van der Waals surface area contributed by atoms with Gasteiger partial charge in [0.15, 0.2) is 0 Å². The zero-order valence-electron chi connectivity index (χ0n) is 8.98. The molecule has 88 valence electrons. The van der Waals surface area contributed by atoms with E-state index in [9.17, 15) is 0 Å². The molecular weight excluding hydrogens is 230 g/mol. The number of nitrogens with two attached hydrogens (primary N) is 1. The van der Waals surface area contributed by atoms with Crippen LogP contribution in [-0.4, -0.2) is 34.2 Å². The van der Waals surface area contributed by atoms with Gasteiger partial charge in [-0.05, 0) is 30.9 Å². The van der Waals surface area contributed by atoms with Gasteiger partial charge in [-0.25, -0.2) is 0 Å². The van der Waals surface area contributed by atoms with Crippen molar-refractivity contribution in [3.05, 3.63) is 5.28 Å². The minimum atomic E-state index is 0.108. The molecule has 0 bridgehead atoms. The van der Waals surface area contributed by atoms with Crippen LogP contribution in [0.3, 0.4) is 0 Å². The number of aromatic nitrogens is 3. The minimum Gasteiger partial charge on any atom is -0.381 e. The molecule has 0 radical (unpaired) electrons. The smallest absolute Gasteiger partial charge is 0.229 e. The number of methoxy groups -OCH3 is 1. The Labute approximate surface area is 98.6 Å². The Hall–Kier alpha value is -1.14. The fourth-order valence-corrected chi connectivity index (χ4v) is 2.06. The van der Waals surface area contributed by atoms with Crippen LogP contribution in [0.25, 0.3) is 0 Å². The largest absolute Gasteiger partial charge is 0.381 e. The van der Waals surface area contributed by atoms with Crippen molar-refractivity contribution >= 4 is 23.5 Å². The molecule has 2 atom stereocenters. The van der Waals surface area contributed by atoms with Gasteiger partial charge in [0.1, 0.15) is 0 Å². The van der Waals surface area contributed by atoms with Crippen molar-refractivity contribution in [2.75, 3.05) is 18.2 Å². The van der Waals surface area contributed by atoms with Crippen LogP contribution in [0, 0.1) is 0 Å². The summed E-state index contributed by atoms with van der Waals surface area (Å²) in [5, 5.41) is 3.29. The van der Waals surface area contributed by atoms with Crippen molar-refractivity contribution in [2.45, 2.75) is 31.4 Å². The molecule has 1 saturated carbocycles. The van der Waals surface area contributed by atoms with E-state index in [2.05, 4.69) is 20.3 Å². The molecule has 1 aromatic heterocycles. The number of ether oxygens (including phenoxy) is 1. The quantitative estimate of drug-likeness (QED) is 0.827. The van der Waals surface area contributed by atoms with E-state index in [1.54, 1.807) is 7.11 Å². The maximum atomic E-state index is 5.68. The highest BCUT2D eigenvalue weighted by Crippen LogP contribution is 2.24. The summed E-state index contributed by atoms with van der Waals surface area (Å²) >= 11 is 5.68. The van der Waals surface area contributed by atoms with Crippen LogP contribution in [0.5, 0.6) is 0 Å². The standard InChI is InChI=1S/C9H14ClN5O/c1-16-6-3-2-5(4-6)12-9-14-7(10)13-8(11)15-9/h5-6H,2-4H2,1H3,(H3,11,12,13,14,15). The Morgan fingerprint density at radius 1 is 1.38 bits per heavy atom. The number of nitrogens with zero attached hydrogens (tertiary/aromatic N) is 3. The molecule has 1 aliphatic rings. The fourth-order valence-electron chi connectivity index (χ4n) is 1.90. The molecule has 16 heavy (non-hydrogen) atoms. The summed E-state index contributed by atoms with van der Waals surface area (Å²) in [6.07, 6.45) is 3.33. The van der Waals surface area contributed by atoms with E-state index in [0.717, 1.165) is 19.3 Å². The normalized spacial score (nSPS) is 24.6. The lowest BCUT2D eigenvalue weighted by Gasteiger charge is -2.12. The van der Waals surface area contributed by atoms with Gasteiger partial charge in [0, 0.05) is 13.2 Å². The summed E-state index contributed by atoms with van der Waals surface area (Å²) in [6, 6.07) is 0.308. The number of nitrogens with one attached hydrogen (secondary N) is 1.